The molecule has 7 heteroatoms. The molecular weight excluding hydrogens is 396 g/mol. The number of rotatable bonds is 4. The van der Waals surface area contributed by atoms with Crippen molar-refractivity contribution in [3.63, 3.8) is 0 Å². The van der Waals surface area contributed by atoms with Crippen LogP contribution in [0.2, 0.25) is 0 Å². The molecule has 148 valence electrons. The number of nitriles is 1. The van der Waals surface area contributed by atoms with Crippen molar-refractivity contribution in [2.24, 2.45) is 0 Å². The zero-order chi connectivity index (χ0) is 21.3. The molecule has 0 saturated carbocycles. The Labute approximate surface area is 177 Å². The molecule has 2 N–H and O–H groups in total. The number of aryl methyl sites for hydroxylation is 1. The Balaban J connectivity index is 1.81. The standard InChI is InChI=1S/C23H18N4O2S/c1-14-20(15-7-4-3-5-8-15)26-22(30-14)16-9-6-10-18(11-16)27-13-17(12-24)19(25)21(27)23(28)29-2/h3-11,13H,25H2,1-2H3. The molecule has 4 aromatic rings. The summed E-state index contributed by atoms with van der Waals surface area (Å²) in [4.78, 5) is 18.2. The summed E-state index contributed by atoms with van der Waals surface area (Å²) in [5, 5.41) is 10.2. The van der Waals surface area contributed by atoms with Gasteiger partial charge in [-0.15, -0.1) is 11.3 Å². The quantitative estimate of drug-likeness (QED) is 0.483. The minimum Gasteiger partial charge on any atom is -0.464 e. The SMILES string of the molecule is COC(=O)c1c(N)c(C#N)cn1-c1cccc(-c2nc(-c3ccccc3)c(C)s2)c1. The molecule has 0 saturated heterocycles. The number of methoxy groups -OCH3 is 1. The highest BCUT2D eigenvalue weighted by Gasteiger charge is 2.22. The molecule has 0 radical (unpaired) electrons. The molecule has 0 spiro atoms. The predicted octanol–water partition coefficient (Wildman–Crippen LogP) is 4.82. The minimum absolute atomic E-state index is 0.103. The Morgan fingerprint density at radius 2 is 1.90 bits per heavy atom. The van der Waals surface area contributed by atoms with E-state index in [1.54, 1.807) is 22.1 Å². The molecule has 0 amide bonds. The van der Waals surface area contributed by atoms with E-state index in [1.807, 2.05) is 60.7 Å². The molecule has 2 aromatic carbocycles. The van der Waals surface area contributed by atoms with Crippen LogP contribution in [0.4, 0.5) is 5.69 Å². The van der Waals surface area contributed by atoms with E-state index >= 15 is 0 Å². The zero-order valence-corrected chi connectivity index (χ0v) is 17.2. The first-order valence-corrected chi connectivity index (χ1v) is 9.98. The normalized spacial score (nSPS) is 10.6. The smallest absolute Gasteiger partial charge is 0.357 e. The van der Waals surface area contributed by atoms with Gasteiger partial charge in [-0.2, -0.15) is 5.26 Å². The number of aromatic nitrogens is 2. The van der Waals surface area contributed by atoms with E-state index in [4.69, 9.17) is 15.5 Å². The Morgan fingerprint density at radius 1 is 1.17 bits per heavy atom. The van der Waals surface area contributed by atoms with Crippen LogP contribution >= 0.6 is 11.3 Å². The van der Waals surface area contributed by atoms with Gasteiger partial charge in [-0.05, 0) is 19.1 Å². The van der Waals surface area contributed by atoms with Gasteiger partial charge in [0, 0.05) is 27.9 Å². The summed E-state index contributed by atoms with van der Waals surface area (Å²) in [6.45, 7) is 2.05. The average Bonchev–Trinajstić information content (AvgIpc) is 3.33. The van der Waals surface area contributed by atoms with Crippen molar-refractivity contribution < 1.29 is 9.53 Å². The number of ether oxygens (including phenoxy) is 1. The maximum Gasteiger partial charge on any atom is 0.357 e. The maximum atomic E-state index is 12.3. The molecule has 0 aliphatic heterocycles. The van der Waals surface area contributed by atoms with Crippen LogP contribution in [-0.4, -0.2) is 22.6 Å². The van der Waals surface area contributed by atoms with Crippen molar-refractivity contribution in [3.05, 3.63) is 76.9 Å². The van der Waals surface area contributed by atoms with Crippen molar-refractivity contribution in [2.75, 3.05) is 12.8 Å². The maximum absolute atomic E-state index is 12.3. The van der Waals surface area contributed by atoms with Crippen LogP contribution in [0.1, 0.15) is 20.9 Å². The fraction of sp³-hybridized carbons (Fsp3) is 0.0870. The molecule has 6 nitrogen and oxygen atoms in total. The minimum atomic E-state index is -0.601. The lowest BCUT2D eigenvalue weighted by molar-refractivity contribution is 0.0593. The van der Waals surface area contributed by atoms with Crippen LogP contribution < -0.4 is 5.73 Å². The Morgan fingerprint density at radius 3 is 2.60 bits per heavy atom. The van der Waals surface area contributed by atoms with Gasteiger partial charge in [0.05, 0.1) is 24.1 Å². The molecule has 0 fully saturated rings. The third kappa shape index (κ3) is 3.34. The second-order valence-electron chi connectivity index (χ2n) is 6.62. The van der Waals surface area contributed by atoms with Crippen molar-refractivity contribution in [2.45, 2.75) is 6.92 Å². The largest absolute Gasteiger partial charge is 0.464 e. The lowest BCUT2D eigenvalue weighted by atomic mass is 10.1. The summed E-state index contributed by atoms with van der Waals surface area (Å²) in [7, 11) is 1.28. The van der Waals surface area contributed by atoms with Crippen LogP contribution in [0.25, 0.3) is 27.5 Å². The van der Waals surface area contributed by atoms with Gasteiger partial charge in [-0.1, -0.05) is 42.5 Å². The van der Waals surface area contributed by atoms with Gasteiger partial charge in [0.15, 0.2) is 5.69 Å². The van der Waals surface area contributed by atoms with Gasteiger partial charge in [0.2, 0.25) is 0 Å². The number of carbonyl (C=O) groups is 1. The number of thiazole rings is 1. The molecule has 2 aromatic heterocycles. The first kappa shape index (κ1) is 19.4. The van der Waals surface area contributed by atoms with Crippen molar-refractivity contribution in [1.29, 1.82) is 5.26 Å². The van der Waals surface area contributed by atoms with E-state index in [0.29, 0.717) is 5.69 Å². The fourth-order valence-corrected chi connectivity index (χ4v) is 4.22. The van der Waals surface area contributed by atoms with Gasteiger partial charge in [-0.3, -0.25) is 0 Å². The summed E-state index contributed by atoms with van der Waals surface area (Å²) in [6.07, 6.45) is 1.54. The fourth-order valence-electron chi connectivity index (χ4n) is 3.29. The monoisotopic (exact) mass is 414 g/mol. The van der Waals surface area contributed by atoms with E-state index in [0.717, 1.165) is 26.7 Å². The highest BCUT2D eigenvalue weighted by atomic mass is 32.1. The van der Waals surface area contributed by atoms with Crippen LogP contribution in [0.15, 0.2) is 60.8 Å². The summed E-state index contributed by atoms with van der Waals surface area (Å²) < 4.78 is 6.45. The Kier molecular flexibility index (Phi) is 5.09. The lowest BCUT2D eigenvalue weighted by Gasteiger charge is -2.09. The first-order chi connectivity index (χ1) is 14.5. The summed E-state index contributed by atoms with van der Waals surface area (Å²) in [5.41, 5.74) is 10.1. The zero-order valence-electron chi connectivity index (χ0n) is 16.4. The van der Waals surface area contributed by atoms with E-state index in [9.17, 15) is 10.1 Å². The van der Waals surface area contributed by atoms with Crippen molar-refractivity contribution in [1.82, 2.24) is 9.55 Å². The number of benzene rings is 2. The first-order valence-electron chi connectivity index (χ1n) is 9.16. The third-order valence-corrected chi connectivity index (χ3v) is 5.78. The van der Waals surface area contributed by atoms with Crippen LogP contribution in [0, 0.1) is 18.3 Å². The predicted molar refractivity (Wildman–Crippen MR) is 118 cm³/mol. The average molecular weight is 414 g/mol. The summed E-state index contributed by atoms with van der Waals surface area (Å²) in [5.74, 6) is -0.601. The van der Waals surface area contributed by atoms with E-state index in [2.05, 4.69) is 6.92 Å². The molecule has 30 heavy (non-hydrogen) atoms. The van der Waals surface area contributed by atoms with Gasteiger partial charge < -0.3 is 15.0 Å². The third-order valence-electron chi connectivity index (χ3n) is 4.76. The highest BCUT2D eigenvalue weighted by Crippen LogP contribution is 2.34. The second-order valence-corrected chi connectivity index (χ2v) is 7.82. The number of carbonyl (C=O) groups excluding carboxylic acids is 1. The van der Waals surface area contributed by atoms with E-state index in [-0.39, 0.29) is 16.9 Å². The van der Waals surface area contributed by atoms with Crippen molar-refractivity contribution >= 4 is 23.0 Å². The Bertz CT molecular complexity index is 1280. The van der Waals surface area contributed by atoms with Crippen LogP contribution in [0.3, 0.4) is 0 Å². The second kappa shape index (κ2) is 7.85. The van der Waals surface area contributed by atoms with Gasteiger partial charge in [-0.25, -0.2) is 9.78 Å². The van der Waals surface area contributed by atoms with E-state index < -0.39 is 5.97 Å². The van der Waals surface area contributed by atoms with Crippen LogP contribution in [0.5, 0.6) is 0 Å². The number of nitrogen functional groups attached to an aromatic ring is 1. The number of hydrogen-bond acceptors (Lipinski definition) is 6. The molecule has 0 bridgehead atoms. The number of nitrogens with zero attached hydrogens (tertiary/aromatic N) is 3. The number of hydrogen-bond donors (Lipinski definition) is 1. The highest BCUT2D eigenvalue weighted by molar-refractivity contribution is 7.15. The van der Waals surface area contributed by atoms with Gasteiger partial charge >= 0.3 is 5.97 Å². The van der Waals surface area contributed by atoms with Crippen LogP contribution in [-0.2, 0) is 4.74 Å². The molecule has 0 aliphatic rings. The summed E-state index contributed by atoms with van der Waals surface area (Å²) in [6, 6.07) is 19.7. The van der Waals surface area contributed by atoms with Gasteiger partial charge in [0.1, 0.15) is 11.1 Å². The number of anilines is 1. The number of esters is 1. The molecule has 2 heterocycles. The Hall–Kier alpha value is -3.89. The van der Waals surface area contributed by atoms with Gasteiger partial charge in [0.25, 0.3) is 0 Å². The molecule has 0 aliphatic carbocycles. The summed E-state index contributed by atoms with van der Waals surface area (Å²) >= 11 is 1.61. The molecule has 0 atom stereocenters. The number of nitrogens with two attached hydrogens (primary N) is 1. The topological polar surface area (TPSA) is 93.9 Å². The molecule has 4 rings (SSSR count). The van der Waals surface area contributed by atoms with Crippen molar-refractivity contribution in [3.8, 4) is 33.6 Å². The molecule has 0 unspecified atom stereocenters. The van der Waals surface area contributed by atoms with E-state index in [1.165, 1.54) is 7.11 Å². The molecular formula is C23H18N4O2S. The lowest BCUT2D eigenvalue weighted by Crippen LogP contribution is -2.11.